The number of thiazole rings is 1. The molecule has 0 unspecified atom stereocenters. The second-order valence-electron chi connectivity index (χ2n) is 4.26. The molecule has 1 heterocycles. The summed E-state index contributed by atoms with van der Waals surface area (Å²) in [7, 11) is 0. The number of nitrogens with zero attached hydrogens (tertiary/aromatic N) is 1. The number of thiocarbonyl (C=S) groups is 1. The van der Waals surface area contributed by atoms with Crippen LogP contribution in [0, 0.1) is 19.7 Å². The van der Waals surface area contributed by atoms with Crippen LogP contribution in [0.2, 0.25) is 0 Å². The zero-order valence-corrected chi connectivity index (χ0v) is 12.2. The Morgan fingerprint density at radius 1 is 1.47 bits per heavy atom. The molecule has 1 aromatic carbocycles. The number of aromatic nitrogens is 1. The summed E-state index contributed by atoms with van der Waals surface area (Å²) < 4.78 is 14.9. The average molecular weight is 296 g/mol. The van der Waals surface area contributed by atoms with Gasteiger partial charge < -0.3 is 5.73 Å². The van der Waals surface area contributed by atoms with E-state index in [4.69, 9.17) is 18.0 Å². The van der Waals surface area contributed by atoms with Crippen molar-refractivity contribution in [3.05, 3.63) is 55.4 Å². The van der Waals surface area contributed by atoms with E-state index in [0.717, 1.165) is 16.1 Å². The Hall–Kier alpha value is -1.53. The van der Waals surface area contributed by atoms with Gasteiger partial charge in [-0.1, -0.05) is 29.6 Å². The molecule has 0 amide bonds. The summed E-state index contributed by atoms with van der Waals surface area (Å²) in [6, 6.07) is 4.26. The van der Waals surface area contributed by atoms with Crippen molar-refractivity contribution in [3.63, 3.8) is 0 Å². The van der Waals surface area contributed by atoms with Crippen molar-refractivity contribution < 1.29 is 4.39 Å². The molecule has 0 fully saturated rings. The first-order chi connectivity index (χ1) is 8.90. The Bertz CT molecular complexity index is 703. The molecule has 3 nitrogen and oxygen atoms in total. The van der Waals surface area contributed by atoms with E-state index in [1.165, 1.54) is 23.5 Å². The van der Waals surface area contributed by atoms with Gasteiger partial charge in [0.05, 0.1) is 6.54 Å². The fourth-order valence-corrected chi connectivity index (χ4v) is 2.88. The number of benzene rings is 1. The van der Waals surface area contributed by atoms with Crippen molar-refractivity contribution in [2.75, 3.05) is 0 Å². The molecule has 0 spiro atoms. The van der Waals surface area contributed by atoms with Crippen LogP contribution in [0.5, 0.6) is 0 Å². The lowest BCUT2D eigenvalue weighted by atomic mass is 10.1. The van der Waals surface area contributed by atoms with Crippen LogP contribution >= 0.6 is 23.6 Å². The van der Waals surface area contributed by atoms with Gasteiger partial charge >= 0.3 is 4.87 Å². The zero-order chi connectivity index (χ0) is 14.2. The van der Waals surface area contributed by atoms with Crippen molar-refractivity contribution >= 4 is 28.5 Å². The predicted octanol–water partition coefficient (Wildman–Crippen LogP) is 2.35. The number of nitrogens with two attached hydrogens (primary N) is 1. The zero-order valence-electron chi connectivity index (χ0n) is 10.6. The van der Waals surface area contributed by atoms with Crippen molar-refractivity contribution in [1.29, 1.82) is 0 Å². The van der Waals surface area contributed by atoms with Crippen molar-refractivity contribution in [2.45, 2.75) is 20.4 Å². The van der Waals surface area contributed by atoms with Gasteiger partial charge in [-0.3, -0.25) is 9.36 Å². The van der Waals surface area contributed by atoms with E-state index in [0.29, 0.717) is 12.1 Å². The highest BCUT2D eigenvalue weighted by atomic mass is 32.1. The molecule has 2 rings (SSSR count). The van der Waals surface area contributed by atoms with Gasteiger partial charge in [0.2, 0.25) is 0 Å². The maximum absolute atomic E-state index is 13.2. The second kappa shape index (κ2) is 5.22. The number of hydrogen-bond donors (Lipinski definition) is 1. The van der Waals surface area contributed by atoms with Crippen molar-refractivity contribution in [2.24, 2.45) is 5.73 Å². The topological polar surface area (TPSA) is 48.0 Å². The van der Waals surface area contributed by atoms with Gasteiger partial charge in [0.1, 0.15) is 10.8 Å². The Balaban J connectivity index is 2.49. The second-order valence-corrected chi connectivity index (χ2v) is 5.87. The molecule has 0 saturated heterocycles. The van der Waals surface area contributed by atoms with E-state index in [1.807, 2.05) is 13.8 Å². The van der Waals surface area contributed by atoms with E-state index < -0.39 is 5.82 Å². The number of hydrogen-bond acceptors (Lipinski definition) is 3. The molecule has 0 aliphatic rings. The average Bonchev–Trinajstić information content (AvgIpc) is 2.57. The van der Waals surface area contributed by atoms with E-state index in [9.17, 15) is 9.18 Å². The molecule has 0 bridgehead atoms. The summed E-state index contributed by atoms with van der Waals surface area (Å²) >= 11 is 6.12. The molecule has 1 aromatic heterocycles. The Kier molecular flexibility index (Phi) is 3.82. The van der Waals surface area contributed by atoms with Gasteiger partial charge in [0.15, 0.2) is 0 Å². The lowest BCUT2D eigenvalue weighted by Crippen LogP contribution is -2.19. The third-order valence-corrected chi connectivity index (χ3v) is 4.26. The van der Waals surface area contributed by atoms with Crippen molar-refractivity contribution in [1.82, 2.24) is 4.57 Å². The molecule has 6 heteroatoms. The summed E-state index contributed by atoms with van der Waals surface area (Å²) in [6.45, 7) is 4.14. The molecule has 19 heavy (non-hydrogen) atoms. The highest BCUT2D eigenvalue weighted by Gasteiger charge is 2.12. The van der Waals surface area contributed by atoms with Gasteiger partial charge in [0, 0.05) is 16.1 Å². The minimum absolute atomic E-state index is 0.0341. The largest absolute Gasteiger partial charge is 0.389 e. The van der Waals surface area contributed by atoms with Gasteiger partial charge in [-0.25, -0.2) is 4.39 Å². The third kappa shape index (κ3) is 2.74. The van der Waals surface area contributed by atoms with Crippen LogP contribution in [0.4, 0.5) is 4.39 Å². The van der Waals surface area contributed by atoms with Crippen LogP contribution in [0.15, 0.2) is 23.0 Å². The first-order valence-electron chi connectivity index (χ1n) is 5.65. The predicted molar refractivity (Wildman–Crippen MR) is 79.4 cm³/mol. The van der Waals surface area contributed by atoms with E-state index in [1.54, 1.807) is 10.6 Å². The number of rotatable bonds is 3. The Morgan fingerprint density at radius 2 is 2.16 bits per heavy atom. The molecule has 0 saturated carbocycles. The van der Waals surface area contributed by atoms with Crippen LogP contribution in [-0.4, -0.2) is 9.56 Å². The molecule has 2 aromatic rings. The Labute approximate surface area is 119 Å². The summed E-state index contributed by atoms with van der Waals surface area (Å²) in [5.41, 5.74) is 7.73. The monoisotopic (exact) mass is 296 g/mol. The first kappa shape index (κ1) is 13.9. The first-order valence-corrected chi connectivity index (χ1v) is 6.87. The van der Waals surface area contributed by atoms with Crippen LogP contribution in [0.3, 0.4) is 0 Å². The SMILES string of the molecule is Cc1sc(=O)n(Cc2ccc(F)cc2C(N)=S)c1C. The molecular weight excluding hydrogens is 283 g/mol. The number of halogens is 1. The van der Waals surface area contributed by atoms with Crippen LogP contribution < -0.4 is 10.6 Å². The summed E-state index contributed by atoms with van der Waals surface area (Å²) in [5, 5.41) is 0. The standard InChI is InChI=1S/C13H13FN2OS2/c1-7-8(2)19-13(17)16(7)6-9-3-4-10(14)5-11(9)12(15)18/h3-5H,6H2,1-2H3,(H2,15,18). The van der Waals surface area contributed by atoms with Crippen LogP contribution in [-0.2, 0) is 6.54 Å². The molecule has 0 aliphatic heterocycles. The Morgan fingerprint density at radius 3 is 2.68 bits per heavy atom. The lowest BCUT2D eigenvalue weighted by Gasteiger charge is -2.10. The smallest absolute Gasteiger partial charge is 0.307 e. The molecule has 0 atom stereocenters. The molecule has 0 radical (unpaired) electrons. The van der Waals surface area contributed by atoms with Crippen LogP contribution in [0.25, 0.3) is 0 Å². The van der Waals surface area contributed by atoms with E-state index in [-0.39, 0.29) is 9.86 Å². The van der Waals surface area contributed by atoms with Crippen LogP contribution in [0.1, 0.15) is 21.7 Å². The highest BCUT2D eigenvalue weighted by Crippen LogP contribution is 2.16. The normalized spacial score (nSPS) is 10.7. The third-order valence-electron chi connectivity index (χ3n) is 3.04. The van der Waals surface area contributed by atoms with Gasteiger partial charge in [-0.15, -0.1) is 0 Å². The molecular formula is C13H13FN2OS2. The molecule has 2 N–H and O–H groups in total. The molecule has 0 aliphatic carbocycles. The number of aryl methyl sites for hydroxylation is 1. The lowest BCUT2D eigenvalue weighted by molar-refractivity contribution is 0.625. The van der Waals surface area contributed by atoms with Gasteiger partial charge in [-0.2, -0.15) is 0 Å². The fraction of sp³-hybridized carbons (Fsp3) is 0.231. The van der Waals surface area contributed by atoms with E-state index in [2.05, 4.69) is 0 Å². The minimum Gasteiger partial charge on any atom is -0.389 e. The fourth-order valence-electron chi connectivity index (χ4n) is 1.86. The maximum atomic E-state index is 13.2. The minimum atomic E-state index is -0.392. The van der Waals surface area contributed by atoms with Gasteiger partial charge in [0.25, 0.3) is 0 Å². The highest BCUT2D eigenvalue weighted by molar-refractivity contribution is 7.80. The molecule has 100 valence electrons. The quantitative estimate of drug-likeness (QED) is 0.885. The maximum Gasteiger partial charge on any atom is 0.307 e. The van der Waals surface area contributed by atoms with Gasteiger partial charge in [-0.05, 0) is 31.5 Å². The van der Waals surface area contributed by atoms with Crippen molar-refractivity contribution in [3.8, 4) is 0 Å². The summed E-state index contributed by atoms with van der Waals surface area (Å²) in [4.78, 5) is 12.9. The summed E-state index contributed by atoms with van der Waals surface area (Å²) in [5.74, 6) is -0.392. The van der Waals surface area contributed by atoms with E-state index >= 15 is 0 Å². The summed E-state index contributed by atoms with van der Waals surface area (Å²) in [6.07, 6.45) is 0.